The van der Waals surface area contributed by atoms with Crippen LogP contribution in [0.3, 0.4) is 0 Å². The average Bonchev–Trinajstić information content (AvgIpc) is 2.29. The molecule has 1 N–H and O–H groups in total. The molecule has 0 saturated carbocycles. The first-order chi connectivity index (χ1) is 7.22. The predicted octanol–water partition coefficient (Wildman–Crippen LogP) is 1.92. The summed E-state index contributed by atoms with van der Waals surface area (Å²) < 4.78 is 5.07. The molecule has 4 nitrogen and oxygen atoms in total. The second-order valence-electron chi connectivity index (χ2n) is 2.90. The van der Waals surface area contributed by atoms with Gasteiger partial charge < -0.3 is 10.1 Å². The third kappa shape index (κ3) is 2.47. The van der Waals surface area contributed by atoms with E-state index in [9.17, 15) is 4.79 Å². The lowest BCUT2D eigenvalue weighted by Gasteiger charge is -2.10. The van der Waals surface area contributed by atoms with Gasteiger partial charge in [0, 0.05) is 6.42 Å². The molecule has 0 fully saturated rings. The first-order valence-electron chi connectivity index (χ1n) is 4.59. The molecule has 0 unspecified atom stereocenters. The van der Waals surface area contributed by atoms with Crippen LogP contribution < -0.4 is 10.1 Å². The number of hydrogen-bond acceptors (Lipinski definition) is 3. The van der Waals surface area contributed by atoms with Crippen molar-refractivity contribution in [1.29, 1.82) is 5.26 Å². The zero-order chi connectivity index (χ0) is 11.3. The molecule has 0 atom stereocenters. The summed E-state index contributed by atoms with van der Waals surface area (Å²) in [5.41, 5.74) is 0.838. The lowest BCUT2D eigenvalue weighted by molar-refractivity contribution is -0.115. The Hall–Kier alpha value is -2.02. The zero-order valence-corrected chi connectivity index (χ0v) is 8.70. The summed E-state index contributed by atoms with van der Waals surface area (Å²) in [6.07, 6.45) is 0.364. The van der Waals surface area contributed by atoms with Gasteiger partial charge in [-0.05, 0) is 12.1 Å². The van der Waals surface area contributed by atoms with Crippen LogP contribution in [0, 0.1) is 11.3 Å². The van der Waals surface area contributed by atoms with Crippen molar-refractivity contribution in [2.75, 3.05) is 12.4 Å². The third-order valence-electron chi connectivity index (χ3n) is 1.95. The summed E-state index contributed by atoms with van der Waals surface area (Å²) in [4.78, 5) is 11.2. The number of rotatable bonds is 3. The summed E-state index contributed by atoms with van der Waals surface area (Å²) in [7, 11) is 1.50. The number of methoxy groups -OCH3 is 1. The molecule has 0 aliphatic rings. The van der Waals surface area contributed by atoms with Gasteiger partial charge in [0.05, 0.1) is 12.7 Å². The summed E-state index contributed by atoms with van der Waals surface area (Å²) in [5, 5.41) is 11.5. The van der Waals surface area contributed by atoms with Crippen molar-refractivity contribution >= 4 is 11.6 Å². The van der Waals surface area contributed by atoms with Crippen LogP contribution in [0.15, 0.2) is 18.2 Å². The standard InChI is InChI=1S/C11H12N2O2/c1-3-10(14)13-11-8(7-12)5-4-6-9(11)15-2/h4-6H,3H2,1-2H3,(H,13,14). The molecule has 1 aromatic rings. The normalized spacial score (nSPS) is 9.13. The van der Waals surface area contributed by atoms with Crippen LogP contribution in [0.4, 0.5) is 5.69 Å². The fourth-order valence-electron chi connectivity index (χ4n) is 1.15. The molecule has 0 heterocycles. The van der Waals surface area contributed by atoms with Crippen molar-refractivity contribution in [2.45, 2.75) is 13.3 Å². The lowest BCUT2D eigenvalue weighted by atomic mass is 10.1. The molecule has 0 aliphatic carbocycles. The van der Waals surface area contributed by atoms with Gasteiger partial charge in [-0.3, -0.25) is 4.79 Å². The highest BCUT2D eigenvalue weighted by atomic mass is 16.5. The Kier molecular flexibility index (Phi) is 3.69. The molecule has 15 heavy (non-hydrogen) atoms. The van der Waals surface area contributed by atoms with Crippen LogP contribution in [0.5, 0.6) is 5.75 Å². The minimum Gasteiger partial charge on any atom is -0.495 e. The summed E-state index contributed by atoms with van der Waals surface area (Å²) >= 11 is 0. The van der Waals surface area contributed by atoms with Crippen LogP contribution in [0.1, 0.15) is 18.9 Å². The molecule has 1 rings (SSSR count). The molecule has 1 aromatic carbocycles. The fourth-order valence-corrected chi connectivity index (χ4v) is 1.15. The van der Waals surface area contributed by atoms with E-state index in [-0.39, 0.29) is 5.91 Å². The quantitative estimate of drug-likeness (QED) is 0.818. The SMILES string of the molecule is CCC(=O)Nc1c(C#N)cccc1OC. The second kappa shape index (κ2) is 5.01. The molecule has 1 amide bonds. The summed E-state index contributed by atoms with van der Waals surface area (Å²) in [6.45, 7) is 1.75. The number of ether oxygens (including phenoxy) is 1. The van der Waals surface area contributed by atoms with E-state index in [1.54, 1.807) is 25.1 Å². The van der Waals surface area contributed by atoms with E-state index in [1.165, 1.54) is 7.11 Å². The van der Waals surface area contributed by atoms with Gasteiger partial charge in [-0.1, -0.05) is 13.0 Å². The number of benzene rings is 1. The molecule has 0 aliphatic heterocycles. The highest BCUT2D eigenvalue weighted by Gasteiger charge is 2.10. The number of nitrogens with one attached hydrogen (secondary N) is 1. The monoisotopic (exact) mass is 204 g/mol. The van der Waals surface area contributed by atoms with Crippen molar-refractivity contribution in [3.05, 3.63) is 23.8 Å². The zero-order valence-electron chi connectivity index (χ0n) is 8.70. The van der Waals surface area contributed by atoms with Gasteiger partial charge in [-0.2, -0.15) is 5.26 Å². The Bertz CT molecular complexity index is 408. The number of hydrogen-bond donors (Lipinski definition) is 1. The van der Waals surface area contributed by atoms with Crippen molar-refractivity contribution in [1.82, 2.24) is 0 Å². The van der Waals surface area contributed by atoms with Crippen LogP contribution >= 0.6 is 0 Å². The largest absolute Gasteiger partial charge is 0.495 e. The first-order valence-corrected chi connectivity index (χ1v) is 4.59. The van der Waals surface area contributed by atoms with Crippen molar-refractivity contribution < 1.29 is 9.53 Å². The van der Waals surface area contributed by atoms with Crippen LogP contribution in [-0.4, -0.2) is 13.0 Å². The number of nitrogens with zero attached hydrogens (tertiary/aromatic N) is 1. The second-order valence-corrected chi connectivity index (χ2v) is 2.90. The van der Waals surface area contributed by atoms with Crippen LogP contribution in [0.2, 0.25) is 0 Å². The third-order valence-corrected chi connectivity index (χ3v) is 1.95. The van der Waals surface area contributed by atoms with Gasteiger partial charge in [0.1, 0.15) is 17.5 Å². The first kappa shape index (κ1) is 11.1. The Morgan fingerprint density at radius 3 is 2.87 bits per heavy atom. The van der Waals surface area contributed by atoms with Gasteiger partial charge in [-0.15, -0.1) is 0 Å². The van der Waals surface area contributed by atoms with Gasteiger partial charge in [-0.25, -0.2) is 0 Å². The summed E-state index contributed by atoms with van der Waals surface area (Å²) in [6, 6.07) is 7.05. The molecule has 0 bridgehead atoms. The van der Waals surface area contributed by atoms with Gasteiger partial charge in [0.25, 0.3) is 0 Å². The van der Waals surface area contributed by atoms with E-state index in [1.807, 2.05) is 6.07 Å². The highest BCUT2D eigenvalue weighted by Crippen LogP contribution is 2.27. The Balaban J connectivity index is 3.12. The van der Waals surface area contributed by atoms with E-state index >= 15 is 0 Å². The van der Waals surface area contributed by atoms with Crippen molar-refractivity contribution in [3.8, 4) is 11.8 Å². The number of anilines is 1. The fraction of sp³-hybridized carbons (Fsp3) is 0.273. The molecule has 0 aromatic heterocycles. The Morgan fingerprint density at radius 1 is 1.60 bits per heavy atom. The van der Waals surface area contributed by atoms with Gasteiger partial charge >= 0.3 is 0 Å². The maximum atomic E-state index is 11.2. The average molecular weight is 204 g/mol. The minimum absolute atomic E-state index is 0.143. The maximum absolute atomic E-state index is 11.2. The Morgan fingerprint density at radius 2 is 2.33 bits per heavy atom. The minimum atomic E-state index is -0.143. The lowest BCUT2D eigenvalue weighted by Crippen LogP contribution is -2.11. The highest BCUT2D eigenvalue weighted by molar-refractivity contribution is 5.93. The summed E-state index contributed by atoms with van der Waals surface area (Å²) in [5.74, 6) is 0.354. The number of carbonyl (C=O) groups excluding carboxylic acids is 1. The van der Waals surface area contributed by atoms with Gasteiger partial charge in [0.15, 0.2) is 0 Å². The number of amides is 1. The van der Waals surface area contributed by atoms with Gasteiger partial charge in [0.2, 0.25) is 5.91 Å². The topological polar surface area (TPSA) is 62.1 Å². The molecule has 78 valence electrons. The van der Waals surface area contributed by atoms with E-state index in [0.717, 1.165) is 0 Å². The van der Waals surface area contributed by atoms with Crippen LogP contribution in [-0.2, 0) is 4.79 Å². The van der Waals surface area contributed by atoms with Crippen LogP contribution in [0.25, 0.3) is 0 Å². The van der Waals surface area contributed by atoms with Crippen molar-refractivity contribution in [2.24, 2.45) is 0 Å². The molecule has 0 saturated heterocycles. The molecule has 0 spiro atoms. The molecular weight excluding hydrogens is 192 g/mol. The maximum Gasteiger partial charge on any atom is 0.224 e. The smallest absolute Gasteiger partial charge is 0.224 e. The molecule has 4 heteroatoms. The van der Waals surface area contributed by atoms with E-state index in [0.29, 0.717) is 23.4 Å². The van der Waals surface area contributed by atoms with Crippen molar-refractivity contribution in [3.63, 3.8) is 0 Å². The molecular formula is C11H12N2O2. The predicted molar refractivity (Wildman–Crippen MR) is 56.6 cm³/mol. The Labute approximate surface area is 88.5 Å². The molecule has 0 radical (unpaired) electrons. The number of para-hydroxylation sites is 1. The van der Waals surface area contributed by atoms with E-state index in [4.69, 9.17) is 10.00 Å². The number of nitriles is 1. The van der Waals surface area contributed by atoms with E-state index < -0.39 is 0 Å². The van der Waals surface area contributed by atoms with E-state index in [2.05, 4.69) is 5.32 Å². The number of carbonyl (C=O) groups is 1.